The number of benzene rings is 1. The van der Waals surface area contributed by atoms with E-state index < -0.39 is 6.10 Å². The molecule has 1 amide bonds. The number of morpholine rings is 1. The minimum Gasteiger partial charge on any atom is -0.490 e. The zero-order chi connectivity index (χ0) is 23.2. The Hall–Kier alpha value is -3.22. The van der Waals surface area contributed by atoms with E-state index in [2.05, 4.69) is 15.5 Å². The molecule has 10 heteroatoms. The molecule has 1 N–H and O–H groups in total. The minimum atomic E-state index is -0.475. The van der Waals surface area contributed by atoms with Crippen molar-refractivity contribution in [2.75, 3.05) is 24.6 Å². The van der Waals surface area contributed by atoms with E-state index >= 15 is 0 Å². The van der Waals surface area contributed by atoms with E-state index in [4.69, 9.17) is 26.3 Å². The fourth-order valence-corrected chi connectivity index (χ4v) is 4.23. The fourth-order valence-electron chi connectivity index (χ4n) is 4.02. The lowest BCUT2D eigenvalue weighted by Crippen LogP contribution is -2.43. The van der Waals surface area contributed by atoms with E-state index in [-0.39, 0.29) is 23.7 Å². The summed E-state index contributed by atoms with van der Waals surface area (Å²) in [6, 6.07) is 10.5. The van der Waals surface area contributed by atoms with Crippen LogP contribution in [0, 0.1) is 11.3 Å². The van der Waals surface area contributed by atoms with Crippen molar-refractivity contribution in [3.8, 4) is 11.8 Å². The molecule has 0 radical (unpaired) electrons. The highest BCUT2D eigenvalue weighted by Crippen LogP contribution is 2.27. The van der Waals surface area contributed by atoms with Crippen LogP contribution in [0.15, 0.2) is 30.3 Å². The lowest BCUT2D eigenvalue weighted by Gasteiger charge is -2.31. The number of aldehydes is 1. The van der Waals surface area contributed by atoms with Crippen LogP contribution in [0.1, 0.15) is 41.7 Å². The molecule has 1 aliphatic carbocycles. The van der Waals surface area contributed by atoms with Crippen molar-refractivity contribution in [3.05, 3.63) is 46.6 Å². The molecule has 1 saturated carbocycles. The third kappa shape index (κ3) is 5.78. The summed E-state index contributed by atoms with van der Waals surface area (Å²) >= 11 is 6.07. The van der Waals surface area contributed by atoms with Gasteiger partial charge in [0.25, 0.3) is 5.91 Å². The summed E-state index contributed by atoms with van der Waals surface area (Å²) in [6.45, 7) is 1.48. The molecule has 1 saturated heterocycles. The summed E-state index contributed by atoms with van der Waals surface area (Å²) in [4.78, 5) is 25.5. The standard InChI is InChI=1S/C23H24ClN5O4/c24-20-11-18(4-1-15(20)12-25)33-17-5-2-16(3-6-17)26-23(31)21-7-8-22(28-27-21)29-9-10-32-19(13-29)14-30/h1,4,7-8,11,14,16-17,19H,2-3,5-6,9-10,13H2,(H,26,31)/t16?,17?,19-/m1/s1. The molecule has 1 atom stereocenters. The van der Waals surface area contributed by atoms with Crippen LogP contribution in [-0.4, -0.2) is 60.3 Å². The molecule has 33 heavy (non-hydrogen) atoms. The Morgan fingerprint density at radius 2 is 2.06 bits per heavy atom. The van der Waals surface area contributed by atoms with Gasteiger partial charge in [-0.3, -0.25) is 4.79 Å². The quantitative estimate of drug-likeness (QED) is 0.641. The molecular weight excluding hydrogens is 446 g/mol. The van der Waals surface area contributed by atoms with Crippen molar-refractivity contribution in [3.63, 3.8) is 0 Å². The maximum absolute atomic E-state index is 12.6. The summed E-state index contributed by atoms with van der Waals surface area (Å²) in [6.07, 6.45) is 3.49. The second kappa shape index (κ2) is 10.6. The van der Waals surface area contributed by atoms with Crippen molar-refractivity contribution < 1.29 is 19.1 Å². The summed E-state index contributed by atoms with van der Waals surface area (Å²) in [5, 5.41) is 20.6. The lowest BCUT2D eigenvalue weighted by atomic mass is 9.93. The average molecular weight is 470 g/mol. The van der Waals surface area contributed by atoms with E-state index in [1.165, 1.54) is 0 Å². The van der Waals surface area contributed by atoms with Crippen LogP contribution in [0.5, 0.6) is 5.75 Å². The number of halogens is 1. The van der Waals surface area contributed by atoms with Gasteiger partial charge < -0.3 is 24.5 Å². The Bertz CT molecular complexity index is 1030. The second-order valence-corrected chi connectivity index (χ2v) is 8.49. The molecule has 2 aliphatic rings. The molecule has 1 aliphatic heterocycles. The SMILES string of the molecule is N#Cc1ccc(OC2CCC(NC(=O)c3ccc(N4CCO[C@@H](C=O)C4)nn3)CC2)cc1Cl. The number of amides is 1. The van der Waals surface area contributed by atoms with Gasteiger partial charge in [0.05, 0.1) is 29.8 Å². The highest BCUT2D eigenvalue weighted by molar-refractivity contribution is 6.31. The van der Waals surface area contributed by atoms with Crippen molar-refractivity contribution in [2.24, 2.45) is 0 Å². The van der Waals surface area contributed by atoms with E-state index in [0.29, 0.717) is 41.8 Å². The van der Waals surface area contributed by atoms with Gasteiger partial charge in [-0.05, 0) is 49.9 Å². The first-order valence-corrected chi connectivity index (χ1v) is 11.3. The third-order valence-corrected chi connectivity index (χ3v) is 6.14. The molecule has 2 heterocycles. The molecule has 2 fully saturated rings. The van der Waals surface area contributed by atoms with E-state index in [1.807, 2.05) is 11.0 Å². The van der Waals surface area contributed by atoms with Gasteiger partial charge in [-0.2, -0.15) is 5.26 Å². The molecular formula is C23H24ClN5O4. The van der Waals surface area contributed by atoms with Crippen molar-refractivity contribution in [1.29, 1.82) is 5.26 Å². The highest BCUT2D eigenvalue weighted by Gasteiger charge is 2.25. The zero-order valence-corrected chi connectivity index (χ0v) is 18.7. The largest absolute Gasteiger partial charge is 0.490 e. The van der Waals surface area contributed by atoms with E-state index in [1.54, 1.807) is 30.3 Å². The third-order valence-electron chi connectivity index (χ3n) is 5.83. The van der Waals surface area contributed by atoms with Crippen LogP contribution in [-0.2, 0) is 9.53 Å². The van der Waals surface area contributed by atoms with E-state index in [9.17, 15) is 9.59 Å². The monoisotopic (exact) mass is 469 g/mol. The molecule has 1 aromatic heterocycles. The van der Waals surface area contributed by atoms with Gasteiger partial charge in [0.15, 0.2) is 17.8 Å². The summed E-state index contributed by atoms with van der Waals surface area (Å²) in [5.41, 5.74) is 0.672. The number of hydrogen-bond acceptors (Lipinski definition) is 8. The molecule has 0 unspecified atom stereocenters. The van der Waals surface area contributed by atoms with Gasteiger partial charge >= 0.3 is 0 Å². The molecule has 0 bridgehead atoms. The Morgan fingerprint density at radius 1 is 1.24 bits per heavy atom. The normalized spacial score (nSPS) is 22.8. The Labute approximate surface area is 196 Å². The van der Waals surface area contributed by atoms with Gasteiger partial charge in [0, 0.05) is 18.7 Å². The zero-order valence-electron chi connectivity index (χ0n) is 17.9. The summed E-state index contributed by atoms with van der Waals surface area (Å²) in [5.74, 6) is 0.994. The van der Waals surface area contributed by atoms with Crippen molar-refractivity contribution >= 4 is 29.6 Å². The predicted octanol–water partition coefficient (Wildman–Crippen LogP) is 2.53. The van der Waals surface area contributed by atoms with Gasteiger partial charge in [0.2, 0.25) is 0 Å². The van der Waals surface area contributed by atoms with Crippen LogP contribution in [0.3, 0.4) is 0 Å². The van der Waals surface area contributed by atoms with Gasteiger partial charge in [-0.1, -0.05) is 11.6 Å². The van der Waals surface area contributed by atoms with Crippen LogP contribution >= 0.6 is 11.6 Å². The Kier molecular flexibility index (Phi) is 7.37. The summed E-state index contributed by atoms with van der Waals surface area (Å²) < 4.78 is 11.3. The number of hydrogen-bond donors (Lipinski definition) is 1. The molecule has 1 aromatic carbocycles. The van der Waals surface area contributed by atoms with Crippen LogP contribution < -0.4 is 15.0 Å². The van der Waals surface area contributed by atoms with Gasteiger partial charge in [0.1, 0.15) is 17.9 Å². The van der Waals surface area contributed by atoms with Crippen molar-refractivity contribution in [2.45, 2.75) is 43.9 Å². The molecule has 172 valence electrons. The summed E-state index contributed by atoms with van der Waals surface area (Å²) in [7, 11) is 0. The number of nitrogens with zero attached hydrogens (tertiary/aromatic N) is 4. The molecule has 2 aromatic rings. The van der Waals surface area contributed by atoms with Gasteiger partial charge in [-0.15, -0.1) is 10.2 Å². The molecule has 0 spiro atoms. The first kappa shape index (κ1) is 23.0. The number of anilines is 1. The first-order valence-electron chi connectivity index (χ1n) is 10.9. The number of nitrogens with one attached hydrogen (secondary N) is 1. The topological polar surface area (TPSA) is 117 Å². The molecule has 4 rings (SSSR count). The highest BCUT2D eigenvalue weighted by atomic mass is 35.5. The van der Waals surface area contributed by atoms with Crippen LogP contribution in [0.25, 0.3) is 0 Å². The second-order valence-electron chi connectivity index (χ2n) is 8.09. The van der Waals surface area contributed by atoms with Crippen LogP contribution in [0.2, 0.25) is 5.02 Å². The first-order chi connectivity index (χ1) is 16.1. The molecule has 9 nitrogen and oxygen atoms in total. The Morgan fingerprint density at radius 3 is 2.73 bits per heavy atom. The van der Waals surface area contributed by atoms with Crippen molar-refractivity contribution in [1.82, 2.24) is 15.5 Å². The average Bonchev–Trinajstić information content (AvgIpc) is 2.85. The number of ether oxygens (including phenoxy) is 2. The number of rotatable bonds is 6. The smallest absolute Gasteiger partial charge is 0.272 e. The predicted molar refractivity (Wildman–Crippen MR) is 120 cm³/mol. The lowest BCUT2D eigenvalue weighted by molar-refractivity contribution is -0.118. The fraction of sp³-hybridized carbons (Fsp3) is 0.435. The Balaban J connectivity index is 1.25. The number of nitriles is 1. The maximum atomic E-state index is 12.6. The number of carbonyl (C=O) groups excluding carboxylic acids is 2. The van der Waals surface area contributed by atoms with Crippen LogP contribution in [0.4, 0.5) is 5.82 Å². The van der Waals surface area contributed by atoms with E-state index in [0.717, 1.165) is 32.0 Å². The maximum Gasteiger partial charge on any atom is 0.272 e. The number of aromatic nitrogens is 2. The van der Waals surface area contributed by atoms with Gasteiger partial charge in [-0.25, -0.2) is 0 Å². The minimum absolute atomic E-state index is 0.0324. The number of carbonyl (C=O) groups is 2.